The number of benzene rings is 1. The van der Waals surface area contributed by atoms with Crippen molar-refractivity contribution in [2.24, 2.45) is 0 Å². The molecule has 1 atom stereocenters. The van der Waals surface area contributed by atoms with Gasteiger partial charge in [-0.25, -0.2) is 4.79 Å². The topological polar surface area (TPSA) is 95.9 Å². The summed E-state index contributed by atoms with van der Waals surface area (Å²) < 4.78 is 5.33. The number of aliphatic hydroxyl groups excluding tert-OH is 1. The molecular formula is C14H17NO5. The summed E-state index contributed by atoms with van der Waals surface area (Å²) >= 11 is 0. The Kier molecular flexibility index (Phi) is 4.57. The minimum Gasteiger partial charge on any atom is -0.484 e. The SMILES string of the molecule is O=C(COc1ccc2c(c1)CCC2)N[C@H](CO)C(=O)O. The van der Waals surface area contributed by atoms with Gasteiger partial charge in [-0.1, -0.05) is 6.07 Å². The highest BCUT2D eigenvalue weighted by atomic mass is 16.5. The van der Waals surface area contributed by atoms with Gasteiger partial charge in [0, 0.05) is 0 Å². The van der Waals surface area contributed by atoms with E-state index in [0.29, 0.717) is 5.75 Å². The van der Waals surface area contributed by atoms with E-state index in [2.05, 4.69) is 5.32 Å². The van der Waals surface area contributed by atoms with Gasteiger partial charge in [0.2, 0.25) is 0 Å². The van der Waals surface area contributed by atoms with Gasteiger partial charge in [-0.2, -0.15) is 0 Å². The molecule has 1 aliphatic carbocycles. The predicted octanol–water partition coefficient (Wildman–Crippen LogP) is 0.116. The zero-order valence-electron chi connectivity index (χ0n) is 11.0. The van der Waals surface area contributed by atoms with E-state index in [4.69, 9.17) is 14.9 Å². The monoisotopic (exact) mass is 279 g/mol. The number of aryl methyl sites for hydroxylation is 2. The van der Waals surface area contributed by atoms with Crippen molar-refractivity contribution in [1.29, 1.82) is 0 Å². The maximum absolute atomic E-state index is 11.5. The fourth-order valence-corrected chi connectivity index (χ4v) is 2.21. The maximum atomic E-state index is 11.5. The summed E-state index contributed by atoms with van der Waals surface area (Å²) in [6.07, 6.45) is 3.23. The van der Waals surface area contributed by atoms with Gasteiger partial charge in [-0.3, -0.25) is 4.79 Å². The Bertz CT molecular complexity index is 514. The van der Waals surface area contributed by atoms with Crippen LogP contribution in [0.2, 0.25) is 0 Å². The van der Waals surface area contributed by atoms with E-state index >= 15 is 0 Å². The third-order valence-corrected chi connectivity index (χ3v) is 3.26. The van der Waals surface area contributed by atoms with Gasteiger partial charge in [0.1, 0.15) is 11.8 Å². The quantitative estimate of drug-likeness (QED) is 0.687. The molecule has 0 radical (unpaired) electrons. The van der Waals surface area contributed by atoms with E-state index in [-0.39, 0.29) is 6.61 Å². The third-order valence-electron chi connectivity index (χ3n) is 3.26. The highest BCUT2D eigenvalue weighted by Gasteiger charge is 2.19. The molecule has 1 aliphatic rings. The van der Waals surface area contributed by atoms with Gasteiger partial charge in [-0.15, -0.1) is 0 Å². The number of aliphatic carboxylic acids is 1. The molecule has 0 unspecified atom stereocenters. The summed E-state index contributed by atoms with van der Waals surface area (Å²) in [5.74, 6) is -1.26. The lowest BCUT2D eigenvalue weighted by Crippen LogP contribution is -2.45. The van der Waals surface area contributed by atoms with E-state index in [0.717, 1.165) is 19.3 Å². The van der Waals surface area contributed by atoms with Crippen molar-refractivity contribution in [3.05, 3.63) is 29.3 Å². The van der Waals surface area contributed by atoms with E-state index in [1.807, 2.05) is 12.1 Å². The molecule has 0 spiro atoms. The number of aliphatic hydroxyl groups is 1. The number of hydrogen-bond acceptors (Lipinski definition) is 4. The summed E-state index contributed by atoms with van der Waals surface area (Å²) in [5.41, 5.74) is 2.55. The number of carboxylic acids is 1. The average molecular weight is 279 g/mol. The molecule has 0 aromatic heterocycles. The number of carbonyl (C=O) groups excluding carboxylic acids is 1. The Morgan fingerprint density at radius 3 is 2.75 bits per heavy atom. The normalized spacial score (nSPS) is 14.4. The highest BCUT2D eigenvalue weighted by molar-refractivity contribution is 5.84. The number of fused-ring (bicyclic) bond motifs is 1. The van der Waals surface area contributed by atoms with Crippen LogP contribution in [0.25, 0.3) is 0 Å². The molecule has 1 aromatic carbocycles. The first kappa shape index (κ1) is 14.3. The lowest BCUT2D eigenvalue weighted by Gasteiger charge is -2.12. The van der Waals surface area contributed by atoms with Gasteiger partial charge in [0.15, 0.2) is 6.61 Å². The van der Waals surface area contributed by atoms with Crippen molar-refractivity contribution in [1.82, 2.24) is 5.32 Å². The fraction of sp³-hybridized carbons (Fsp3) is 0.429. The second-order valence-electron chi connectivity index (χ2n) is 4.71. The molecule has 2 rings (SSSR count). The Balaban J connectivity index is 1.85. The molecule has 3 N–H and O–H groups in total. The summed E-state index contributed by atoms with van der Waals surface area (Å²) in [6, 6.07) is 4.41. The molecule has 0 saturated heterocycles. The summed E-state index contributed by atoms with van der Waals surface area (Å²) in [4.78, 5) is 22.2. The van der Waals surface area contributed by atoms with Crippen LogP contribution in [0.4, 0.5) is 0 Å². The Morgan fingerprint density at radius 2 is 2.05 bits per heavy atom. The van der Waals surface area contributed by atoms with Gasteiger partial charge in [-0.05, 0) is 42.5 Å². The van der Waals surface area contributed by atoms with Crippen LogP contribution >= 0.6 is 0 Å². The van der Waals surface area contributed by atoms with E-state index < -0.39 is 24.5 Å². The second kappa shape index (κ2) is 6.38. The average Bonchev–Trinajstić information content (AvgIpc) is 2.89. The first-order valence-electron chi connectivity index (χ1n) is 6.48. The zero-order valence-corrected chi connectivity index (χ0v) is 11.0. The number of amides is 1. The second-order valence-corrected chi connectivity index (χ2v) is 4.71. The molecule has 0 saturated carbocycles. The van der Waals surface area contributed by atoms with E-state index in [9.17, 15) is 9.59 Å². The molecule has 0 heterocycles. The van der Waals surface area contributed by atoms with Crippen LogP contribution < -0.4 is 10.1 Å². The van der Waals surface area contributed by atoms with Gasteiger partial charge in [0.05, 0.1) is 6.61 Å². The summed E-state index contributed by atoms with van der Waals surface area (Å²) in [5, 5.41) is 19.7. The minimum absolute atomic E-state index is 0.275. The number of ether oxygens (including phenoxy) is 1. The molecule has 1 aromatic rings. The molecule has 20 heavy (non-hydrogen) atoms. The standard InChI is InChI=1S/C14H17NO5/c16-7-12(14(18)19)15-13(17)8-20-11-5-4-9-2-1-3-10(9)6-11/h4-6,12,16H,1-3,7-8H2,(H,15,17)(H,18,19)/t12-/m1/s1. The van der Waals surface area contributed by atoms with Gasteiger partial charge in [0.25, 0.3) is 5.91 Å². The van der Waals surface area contributed by atoms with Gasteiger partial charge >= 0.3 is 5.97 Å². The van der Waals surface area contributed by atoms with Gasteiger partial charge < -0.3 is 20.3 Å². The van der Waals surface area contributed by atoms with Crippen molar-refractivity contribution in [2.75, 3.05) is 13.2 Å². The van der Waals surface area contributed by atoms with Crippen LogP contribution in [0.15, 0.2) is 18.2 Å². The molecule has 0 aliphatic heterocycles. The number of nitrogens with one attached hydrogen (secondary N) is 1. The number of hydrogen-bond donors (Lipinski definition) is 3. The Morgan fingerprint density at radius 1 is 1.30 bits per heavy atom. The van der Waals surface area contributed by atoms with Crippen LogP contribution in [0.5, 0.6) is 5.75 Å². The predicted molar refractivity (Wildman–Crippen MR) is 70.6 cm³/mol. The molecule has 0 bridgehead atoms. The van der Waals surface area contributed by atoms with Crippen molar-refractivity contribution >= 4 is 11.9 Å². The molecule has 0 fully saturated rings. The van der Waals surface area contributed by atoms with Crippen molar-refractivity contribution in [2.45, 2.75) is 25.3 Å². The minimum atomic E-state index is -1.30. The Hall–Kier alpha value is -2.08. The molecule has 6 heteroatoms. The lowest BCUT2D eigenvalue weighted by molar-refractivity contribution is -0.143. The van der Waals surface area contributed by atoms with Crippen LogP contribution in [-0.4, -0.2) is 41.3 Å². The maximum Gasteiger partial charge on any atom is 0.328 e. The van der Waals surface area contributed by atoms with Crippen molar-refractivity contribution in [3.63, 3.8) is 0 Å². The van der Waals surface area contributed by atoms with Crippen molar-refractivity contribution in [3.8, 4) is 5.75 Å². The lowest BCUT2D eigenvalue weighted by atomic mass is 10.1. The van der Waals surface area contributed by atoms with Crippen LogP contribution in [0.1, 0.15) is 17.5 Å². The molecule has 1 amide bonds. The van der Waals surface area contributed by atoms with Crippen LogP contribution in [-0.2, 0) is 22.4 Å². The van der Waals surface area contributed by atoms with Crippen LogP contribution in [0.3, 0.4) is 0 Å². The molecule has 108 valence electrons. The van der Waals surface area contributed by atoms with E-state index in [1.54, 1.807) is 6.07 Å². The largest absolute Gasteiger partial charge is 0.484 e. The molecular weight excluding hydrogens is 262 g/mol. The summed E-state index contributed by atoms with van der Waals surface area (Å²) in [7, 11) is 0. The third kappa shape index (κ3) is 3.48. The number of rotatable bonds is 6. The van der Waals surface area contributed by atoms with Crippen LogP contribution in [0, 0.1) is 0 Å². The number of carbonyl (C=O) groups is 2. The first-order chi connectivity index (χ1) is 9.60. The first-order valence-corrected chi connectivity index (χ1v) is 6.48. The Labute approximate surface area is 116 Å². The number of carboxylic acid groups (broad SMARTS) is 1. The highest BCUT2D eigenvalue weighted by Crippen LogP contribution is 2.25. The zero-order chi connectivity index (χ0) is 14.5. The van der Waals surface area contributed by atoms with Crippen molar-refractivity contribution < 1.29 is 24.5 Å². The van der Waals surface area contributed by atoms with E-state index in [1.165, 1.54) is 11.1 Å². The molecule has 6 nitrogen and oxygen atoms in total. The fourth-order valence-electron chi connectivity index (χ4n) is 2.21. The summed E-state index contributed by atoms with van der Waals surface area (Å²) in [6.45, 7) is -0.928. The smallest absolute Gasteiger partial charge is 0.328 e.